The molecule has 0 aromatic carbocycles. The number of methoxy groups -OCH3 is 5. The van der Waals surface area contributed by atoms with Crippen LogP contribution in [0.4, 0.5) is 4.79 Å². The molecule has 0 rings (SSSR count). The third kappa shape index (κ3) is 19.7. The fourth-order valence-corrected chi connectivity index (χ4v) is 2.99. The van der Waals surface area contributed by atoms with Crippen molar-refractivity contribution in [2.75, 3.05) is 42.2 Å². The molecule has 0 saturated carbocycles. The van der Waals surface area contributed by atoms with Gasteiger partial charge in [-0.1, -0.05) is 59.3 Å². The average Bonchev–Trinajstić information content (AvgIpc) is 3.05. The van der Waals surface area contributed by atoms with Crippen LogP contribution in [0.3, 0.4) is 0 Å². The van der Waals surface area contributed by atoms with Crippen LogP contribution in [0.5, 0.6) is 0 Å². The van der Waals surface area contributed by atoms with Crippen molar-refractivity contribution in [3.8, 4) is 0 Å². The van der Waals surface area contributed by atoms with Gasteiger partial charge in [0.15, 0.2) is 11.8 Å². The van der Waals surface area contributed by atoms with Crippen molar-refractivity contribution >= 4 is 30.0 Å². The number of esters is 4. The van der Waals surface area contributed by atoms with Crippen molar-refractivity contribution in [1.82, 2.24) is 0 Å². The number of hydrogen-bond acceptors (Lipinski definition) is 11. The summed E-state index contributed by atoms with van der Waals surface area (Å²) >= 11 is 0. The number of carbonyl (C=O) groups is 5. The summed E-state index contributed by atoms with van der Waals surface area (Å²) in [6.07, 6.45) is 14.1. The average molecular weight is 623 g/mol. The highest BCUT2D eigenvalue weighted by Crippen LogP contribution is 2.24. The molecule has 0 bridgehead atoms. The summed E-state index contributed by atoms with van der Waals surface area (Å²) in [5.41, 5.74) is 3.06. The molecule has 0 aromatic heterocycles. The number of allylic oxidation sites excluding steroid dienone is 10. The van der Waals surface area contributed by atoms with Crippen LogP contribution in [0.1, 0.15) is 48.0 Å². The smallest absolute Gasteiger partial charge is 0.468 e. The van der Waals surface area contributed by atoms with E-state index in [1.54, 1.807) is 18.2 Å². The molecule has 1 atom stereocenters. The van der Waals surface area contributed by atoms with Gasteiger partial charge in [0, 0.05) is 5.92 Å². The molecular weight excluding hydrogens is 572 g/mol. The van der Waals surface area contributed by atoms with E-state index in [1.165, 1.54) is 35.5 Å². The van der Waals surface area contributed by atoms with E-state index in [0.717, 1.165) is 16.7 Å². The molecule has 0 radical (unpaired) electrons. The molecule has 0 aliphatic heterocycles. The highest BCUT2D eigenvalue weighted by molar-refractivity contribution is 5.96. The van der Waals surface area contributed by atoms with Crippen LogP contribution in [-0.2, 0) is 47.6 Å². The second kappa shape index (κ2) is 27.4. The van der Waals surface area contributed by atoms with Gasteiger partial charge >= 0.3 is 30.0 Å². The van der Waals surface area contributed by atoms with E-state index >= 15 is 0 Å². The van der Waals surface area contributed by atoms with Crippen LogP contribution in [0.2, 0.25) is 0 Å². The molecule has 0 saturated heterocycles. The lowest BCUT2D eigenvalue weighted by atomic mass is 9.86. The lowest BCUT2D eigenvalue weighted by Crippen LogP contribution is -2.33. The summed E-state index contributed by atoms with van der Waals surface area (Å²) < 4.78 is 27.1. The largest absolute Gasteiger partial charge is 0.508 e. The standard InChI is InChI=1S/2C12H18O4.C9H14O3/c1-6-8(3)9(7-2)10(11(13)15-4)12(14)16-5;1-5-9(2)7-6-8-10(11(13)15-3)12(14)16-4;1-4-8(2)6-5-7-12-9(10)11-3/h6-7,9-10H,2H2,1,3-5H3;5-7,10H,8H2,1-4H3;4-6H,7H2,1-3H3/b8-6+;7-6+,9-5+;6-5+,8-4+. The SMILES string of the molecule is C/C=C(C)/C=C/CC(C(=O)OC)C(=O)OC.C/C=C(C)/C=C/COC(=O)OC.C=CC(/C(C)=C/C)C(C(=O)OC)C(=O)OC. The zero-order chi connectivity index (χ0) is 34.7. The third-order valence-corrected chi connectivity index (χ3v) is 5.98. The molecule has 44 heavy (non-hydrogen) atoms. The Labute approximate surface area is 262 Å². The predicted molar refractivity (Wildman–Crippen MR) is 168 cm³/mol. The zero-order valence-electron chi connectivity index (χ0n) is 28.0. The van der Waals surface area contributed by atoms with Gasteiger partial charge in [0.2, 0.25) is 0 Å². The van der Waals surface area contributed by atoms with Gasteiger partial charge in [-0.3, -0.25) is 19.2 Å². The fourth-order valence-electron chi connectivity index (χ4n) is 2.99. The topological polar surface area (TPSA) is 141 Å². The molecule has 248 valence electrons. The van der Waals surface area contributed by atoms with E-state index in [0.29, 0.717) is 0 Å². The van der Waals surface area contributed by atoms with Crippen LogP contribution in [0.25, 0.3) is 0 Å². The van der Waals surface area contributed by atoms with Crippen LogP contribution in [-0.4, -0.2) is 72.2 Å². The second-order valence-corrected chi connectivity index (χ2v) is 8.79. The summed E-state index contributed by atoms with van der Waals surface area (Å²) in [4.78, 5) is 56.1. The highest BCUT2D eigenvalue weighted by Gasteiger charge is 2.35. The molecule has 0 spiro atoms. The van der Waals surface area contributed by atoms with Gasteiger partial charge in [-0.05, 0) is 54.0 Å². The van der Waals surface area contributed by atoms with Crippen LogP contribution >= 0.6 is 0 Å². The molecule has 0 aliphatic rings. The van der Waals surface area contributed by atoms with Gasteiger partial charge in [0.25, 0.3) is 0 Å². The molecule has 1 unspecified atom stereocenters. The van der Waals surface area contributed by atoms with Gasteiger partial charge in [-0.25, -0.2) is 4.79 Å². The van der Waals surface area contributed by atoms with E-state index in [4.69, 9.17) is 0 Å². The van der Waals surface area contributed by atoms with Crippen molar-refractivity contribution in [2.24, 2.45) is 17.8 Å². The first-order valence-corrected chi connectivity index (χ1v) is 13.7. The van der Waals surface area contributed by atoms with Gasteiger partial charge < -0.3 is 28.4 Å². The van der Waals surface area contributed by atoms with Crippen molar-refractivity contribution in [2.45, 2.75) is 48.0 Å². The summed E-state index contributed by atoms with van der Waals surface area (Å²) in [6.45, 7) is 15.3. The first-order chi connectivity index (χ1) is 20.8. The summed E-state index contributed by atoms with van der Waals surface area (Å²) in [6, 6.07) is 0. The molecule has 11 heteroatoms. The quantitative estimate of drug-likeness (QED) is 0.0800. The summed E-state index contributed by atoms with van der Waals surface area (Å²) in [5.74, 6) is -4.63. The van der Waals surface area contributed by atoms with Crippen LogP contribution < -0.4 is 0 Å². The van der Waals surface area contributed by atoms with Crippen molar-refractivity contribution in [1.29, 1.82) is 0 Å². The first kappa shape index (κ1) is 44.0. The maximum absolute atomic E-state index is 11.5. The van der Waals surface area contributed by atoms with E-state index in [9.17, 15) is 24.0 Å². The number of ether oxygens (including phenoxy) is 6. The number of rotatable bonds is 13. The summed E-state index contributed by atoms with van der Waals surface area (Å²) in [5, 5.41) is 0. The highest BCUT2D eigenvalue weighted by atomic mass is 16.7. The molecule has 0 aromatic rings. The maximum atomic E-state index is 11.5. The minimum Gasteiger partial charge on any atom is -0.468 e. The van der Waals surface area contributed by atoms with Crippen LogP contribution in [0.15, 0.2) is 71.9 Å². The van der Waals surface area contributed by atoms with E-state index < -0.39 is 47.8 Å². The lowest BCUT2D eigenvalue weighted by molar-refractivity contribution is -0.161. The minimum absolute atomic E-state index is 0.248. The lowest BCUT2D eigenvalue weighted by Gasteiger charge is -2.20. The van der Waals surface area contributed by atoms with Crippen molar-refractivity contribution in [3.63, 3.8) is 0 Å². The van der Waals surface area contributed by atoms with Crippen LogP contribution in [0, 0.1) is 17.8 Å². The molecular formula is C33H50O11. The van der Waals surface area contributed by atoms with Gasteiger partial charge in [0.05, 0.1) is 35.5 Å². The Kier molecular flexibility index (Phi) is 27.4. The zero-order valence-corrected chi connectivity index (χ0v) is 28.0. The monoisotopic (exact) mass is 622 g/mol. The van der Waals surface area contributed by atoms with Gasteiger partial charge in [0.1, 0.15) is 6.61 Å². The fraction of sp³-hybridized carbons (Fsp3) is 0.485. The van der Waals surface area contributed by atoms with Crippen molar-refractivity contribution in [3.05, 3.63) is 71.9 Å². The second-order valence-electron chi connectivity index (χ2n) is 8.79. The Morgan fingerprint density at radius 1 is 0.636 bits per heavy atom. The van der Waals surface area contributed by atoms with E-state index in [-0.39, 0.29) is 13.0 Å². The Morgan fingerprint density at radius 3 is 1.41 bits per heavy atom. The molecule has 0 heterocycles. The molecule has 0 N–H and O–H groups in total. The Bertz CT molecular complexity index is 1030. The number of hydrogen-bond donors (Lipinski definition) is 0. The Balaban J connectivity index is -0.000000580. The Morgan fingerprint density at radius 2 is 1.07 bits per heavy atom. The van der Waals surface area contributed by atoms with Gasteiger partial charge in [-0.15, -0.1) is 6.58 Å². The predicted octanol–water partition coefficient (Wildman–Crippen LogP) is 5.87. The third-order valence-electron chi connectivity index (χ3n) is 5.98. The molecule has 11 nitrogen and oxygen atoms in total. The normalized spacial score (nSPS) is 12.3. The molecule has 0 aliphatic carbocycles. The van der Waals surface area contributed by atoms with Gasteiger partial charge in [-0.2, -0.15) is 0 Å². The molecule has 0 fully saturated rings. The molecule has 0 amide bonds. The van der Waals surface area contributed by atoms with Crippen molar-refractivity contribution < 1.29 is 52.4 Å². The van der Waals surface area contributed by atoms with E-state index in [1.807, 2.05) is 71.9 Å². The minimum atomic E-state index is -0.983. The number of carbonyl (C=O) groups excluding carboxylic acids is 5. The summed E-state index contributed by atoms with van der Waals surface area (Å²) in [7, 11) is 6.26. The van der Waals surface area contributed by atoms with E-state index in [2.05, 4.69) is 35.0 Å². The maximum Gasteiger partial charge on any atom is 0.508 e. The first-order valence-electron chi connectivity index (χ1n) is 13.7. The Hall–Kier alpha value is -4.41.